The second-order valence-electron chi connectivity index (χ2n) is 2.47. The molecule has 6 heteroatoms. The van der Waals surface area contributed by atoms with Crippen molar-refractivity contribution in [1.29, 1.82) is 0 Å². The molecule has 0 amide bonds. The Morgan fingerprint density at radius 2 is 2.29 bits per heavy atom. The van der Waals surface area contributed by atoms with E-state index in [-0.39, 0.29) is 17.0 Å². The first-order valence-corrected chi connectivity index (χ1v) is 4.80. The number of aliphatic hydroxyl groups is 1. The van der Waals surface area contributed by atoms with Crippen LogP contribution in [0.4, 0.5) is 8.78 Å². The van der Waals surface area contributed by atoms with E-state index in [0.29, 0.717) is 3.70 Å². The number of aliphatic hydroxyl groups excluding tert-OH is 1. The molecule has 1 rings (SSSR count). The predicted molar refractivity (Wildman–Crippen MR) is 54.4 cm³/mol. The van der Waals surface area contributed by atoms with Crippen LogP contribution in [0, 0.1) is 3.70 Å². The first kappa shape index (κ1) is 11.6. The van der Waals surface area contributed by atoms with E-state index in [1.165, 1.54) is 13.2 Å². The zero-order valence-corrected chi connectivity index (χ0v) is 9.46. The maximum atomic E-state index is 12.5. The van der Waals surface area contributed by atoms with Gasteiger partial charge in [0, 0.05) is 0 Å². The van der Waals surface area contributed by atoms with Crippen LogP contribution >= 0.6 is 22.6 Å². The molecular formula is C8H8F2INO2. The Bertz CT molecular complexity index is 333. The van der Waals surface area contributed by atoms with Crippen LogP contribution in [0.15, 0.2) is 6.07 Å². The lowest BCUT2D eigenvalue weighted by atomic mass is 10.2. The number of aromatic nitrogens is 1. The van der Waals surface area contributed by atoms with Crippen LogP contribution in [0.5, 0.6) is 5.75 Å². The number of hydrogen-bond donors (Lipinski definition) is 1. The van der Waals surface area contributed by atoms with Crippen molar-refractivity contribution in [3.63, 3.8) is 0 Å². The Balaban J connectivity index is 3.31. The van der Waals surface area contributed by atoms with Gasteiger partial charge in [-0.1, -0.05) is 0 Å². The summed E-state index contributed by atoms with van der Waals surface area (Å²) in [6, 6.07) is 1.24. The number of hydrogen-bond acceptors (Lipinski definition) is 3. The highest BCUT2D eigenvalue weighted by Crippen LogP contribution is 2.32. The Labute approximate surface area is 93.2 Å². The molecule has 1 aromatic rings. The van der Waals surface area contributed by atoms with Crippen molar-refractivity contribution in [2.45, 2.75) is 13.0 Å². The van der Waals surface area contributed by atoms with E-state index in [2.05, 4.69) is 4.98 Å². The van der Waals surface area contributed by atoms with Gasteiger partial charge in [-0.2, -0.15) is 0 Å². The molecular weight excluding hydrogens is 307 g/mol. The summed E-state index contributed by atoms with van der Waals surface area (Å²) >= 11 is 1.81. The highest BCUT2D eigenvalue weighted by atomic mass is 127. The molecule has 78 valence electrons. The summed E-state index contributed by atoms with van der Waals surface area (Å²) < 4.78 is 30.2. The van der Waals surface area contributed by atoms with Crippen LogP contribution in [0.1, 0.15) is 17.7 Å². The van der Waals surface area contributed by atoms with E-state index in [1.807, 2.05) is 22.6 Å². The van der Waals surface area contributed by atoms with Crippen LogP contribution in [0.3, 0.4) is 0 Å². The number of alkyl halides is 2. The normalized spacial score (nSPS) is 10.7. The molecule has 0 fully saturated rings. The molecule has 0 saturated heterocycles. The third-order valence-electron chi connectivity index (χ3n) is 1.63. The minimum atomic E-state index is -2.63. The minimum Gasteiger partial charge on any atom is -0.494 e. The molecule has 0 spiro atoms. The summed E-state index contributed by atoms with van der Waals surface area (Å²) in [7, 11) is 1.27. The lowest BCUT2D eigenvalue weighted by Crippen LogP contribution is -2.02. The highest BCUT2D eigenvalue weighted by molar-refractivity contribution is 14.1. The van der Waals surface area contributed by atoms with Crippen LogP contribution in [-0.4, -0.2) is 17.2 Å². The second-order valence-corrected chi connectivity index (χ2v) is 3.58. The first-order valence-electron chi connectivity index (χ1n) is 3.72. The average Bonchev–Trinajstić information content (AvgIpc) is 2.16. The van der Waals surface area contributed by atoms with E-state index >= 15 is 0 Å². The topological polar surface area (TPSA) is 42.4 Å². The largest absolute Gasteiger partial charge is 0.494 e. The summed E-state index contributed by atoms with van der Waals surface area (Å²) in [5, 5.41) is 8.89. The van der Waals surface area contributed by atoms with Gasteiger partial charge in [0.1, 0.15) is 9.39 Å². The van der Waals surface area contributed by atoms with Gasteiger partial charge in [-0.15, -0.1) is 0 Å². The molecule has 3 nitrogen and oxygen atoms in total. The van der Waals surface area contributed by atoms with Crippen LogP contribution < -0.4 is 4.74 Å². The molecule has 1 N–H and O–H groups in total. The molecule has 0 aliphatic heterocycles. The van der Waals surface area contributed by atoms with E-state index < -0.39 is 13.0 Å². The van der Waals surface area contributed by atoms with Gasteiger partial charge in [0.05, 0.1) is 19.3 Å². The monoisotopic (exact) mass is 315 g/mol. The fourth-order valence-electron chi connectivity index (χ4n) is 1.08. The molecule has 0 unspecified atom stereocenters. The van der Waals surface area contributed by atoms with Crippen molar-refractivity contribution >= 4 is 22.6 Å². The van der Waals surface area contributed by atoms with Crippen LogP contribution in [0.25, 0.3) is 0 Å². The highest BCUT2D eigenvalue weighted by Gasteiger charge is 2.18. The Morgan fingerprint density at radius 1 is 1.64 bits per heavy atom. The summed E-state index contributed by atoms with van der Waals surface area (Å²) in [5.41, 5.74) is -0.106. The molecule has 0 saturated carbocycles. The zero-order valence-electron chi connectivity index (χ0n) is 7.30. The number of halogens is 3. The number of ether oxygens (including phenoxy) is 1. The van der Waals surface area contributed by atoms with Gasteiger partial charge in [0.15, 0.2) is 5.75 Å². The maximum Gasteiger partial charge on any atom is 0.267 e. The predicted octanol–water partition coefficient (Wildman–Crippen LogP) is 2.12. The Hall–Kier alpha value is -0.500. The standard InChI is InChI=1S/C8H8F2INO2/c1-14-7-4(8(9)10)2-6(11)12-5(7)3-13/h2,8,13H,3H2,1H3. The molecule has 0 atom stereocenters. The van der Waals surface area contributed by atoms with Crippen LogP contribution in [-0.2, 0) is 6.61 Å². The van der Waals surface area contributed by atoms with E-state index in [1.54, 1.807) is 0 Å². The first-order chi connectivity index (χ1) is 6.60. The van der Waals surface area contributed by atoms with Gasteiger partial charge >= 0.3 is 0 Å². The molecule has 0 aliphatic carbocycles. The lowest BCUT2D eigenvalue weighted by molar-refractivity contribution is 0.145. The SMILES string of the molecule is COc1c(C(F)F)cc(I)nc1CO. The fraction of sp³-hybridized carbons (Fsp3) is 0.375. The van der Waals surface area contributed by atoms with Gasteiger partial charge in [-0.25, -0.2) is 13.8 Å². The van der Waals surface area contributed by atoms with Gasteiger partial charge in [0.2, 0.25) is 0 Å². The fourth-order valence-corrected chi connectivity index (χ4v) is 1.70. The van der Waals surface area contributed by atoms with Crippen molar-refractivity contribution in [1.82, 2.24) is 4.98 Å². The Kier molecular flexibility index (Phi) is 3.99. The Morgan fingerprint density at radius 3 is 2.71 bits per heavy atom. The van der Waals surface area contributed by atoms with Crippen molar-refractivity contribution in [2.24, 2.45) is 0 Å². The smallest absolute Gasteiger partial charge is 0.267 e. The summed E-state index contributed by atoms with van der Waals surface area (Å²) in [6.07, 6.45) is -2.63. The molecule has 1 heterocycles. The van der Waals surface area contributed by atoms with Gasteiger partial charge in [0.25, 0.3) is 6.43 Å². The van der Waals surface area contributed by atoms with Gasteiger partial charge in [-0.3, -0.25) is 0 Å². The molecule has 0 aromatic carbocycles. The molecule has 0 radical (unpaired) electrons. The number of methoxy groups -OCH3 is 1. The van der Waals surface area contributed by atoms with Crippen LogP contribution in [0.2, 0.25) is 0 Å². The number of pyridine rings is 1. The van der Waals surface area contributed by atoms with E-state index in [0.717, 1.165) is 0 Å². The van der Waals surface area contributed by atoms with E-state index in [4.69, 9.17) is 9.84 Å². The summed E-state index contributed by atoms with van der Waals surface area (Å²) in [4.78, 5) is 3.88. The number of rotatable bonds is 3. The lowest BCUT2D eigenvalue weighted by Gasteiger charge is -2.11. The van der Waals surface area contributed by atoms with Gasteiger partial charge in [-0.05, 0) is 28.7 Å². The third-order valence-corrected chi connectivity index (χ3v) is 2.18. The van der Waals surface area contributed by atoms with Crippen molar-refractivity contribution in [3.05, 3.63) is 21.0 Å². The van der Waals surface area contributed by atoms with Crippen molar-refractivity contribution < 1.29 is 18.6 Å². The molecule has 0 aliphatic rings. The molecule has 1 aromatic heterocycles. The summed E-state index contributed by atoms with van der Waals surface area (Å²) in [6.45, 7) is -0.417. The zero-order chi connectivity index (χ0) is 10.7. The molecule has 14 heavy (non-hydrogen) atoms. The maximum absolute atomic E-state index is 12.5. The minimum absolute atomic E-state index is 0.0390. The average molecular weight is 315 g/mol. The van der Waals surface area contributed by atoms with E-state index in [9.17, 15) is 8.78 Å². The molecule has 0 bridgehead atoms. The van der Waals surface area contributed by atoms with Crippen molar-refractivity contribution in [2.75, 3.05) is 7.11 Å². The summed E-state index contributed by atoms with van der Waals surface area (Å²) in [5.74, 6) is -0.0390. The van der Waals surface area contributed by atoms with Crippen molar-refractivity contribution in [3.8, 4) is 5.75 Å². The number of nitrogens with zero attached hydrogens (tertiary/aromatic N) is 1. The van der Waals surface area contributed by atoms with Gasteiger partial charge < -0.3 is 9.84 Å². The third kappa shape index (κ3) is 2.30. The quantitative estimate of drug-likeness (QED) is 0.686. The second kappa shape index (κ2) is 4.83.